The Balaban J connectivity index is 1.83. The molecule has 4 heteroatoms. The molecule has 112 valence electrons. The van der Waals surface area contributed by atoms with Crippen molar-refractivity contribution < 1.29 is 4.52 Å². The molecule has 0 radical (unpaired) electrons. The number of hydrogen-bond donors (Lipinski definition) is 1. The van der Waals surface area contributed by atoms with Crippen molar-refractivity contribution in [2.75, 3.05) is 6.54 Å². The number of hydrogen-bond acceptors (Lipinski definition) is 4. The van der Waals surface area contributed by atoms with Crippen LogP contribution in [0.1, 0.15) is 50.0 Å². The van der Waals surface area contributed by atoms with Gasteiger partial charge in [-0.15, -0.1) is 0 Å². The van der Waals surface area contributed by atoms with Crippen molar-refractivity contribution in [2.24, 2.45) is 0 Å². The molecule has 1 fully saturated rings. The van der Waals surface area contributed by atoms with Crippen molar-refractivity contribution in [3.8, 4) is 11.4 Å². The Kier molecular flexibility index (Phi) is 4.34. The molecule has 1 heterocycles. The maximum absolute atomic E-state index is 5.57. The third kappa shape index (κ3) is 3.16. The molecule has 1 aliphatic carbocycles. The van der Waals surface area contributed by atoms with Gasteiger partial charge < -0.3 is 9.84 Å². The van der Waals surface area contributed by atoms with Crippen LogP contribution in [0, 0.1) is 6.92 Å². The largest absolute Gasteiger partial charge is 0.339 e. The second-order valence-corrected chi connectivity index (χ2v) is 5.88. The van der Waals surface area contributed by atoms with Crippen molar-refractivity contribution in [1.29, 1.82) is 0 Å². The quantitative estimate of drug-likeness (QED) is 0.931. The van der Waals surface area contributed by atoms with Gasteiger partial charge in [0.25, 0.3) is 0 Å². The Hall–Kier alpha value is -1.68. The molecule has 0 bridgehead atoms. The summed E-state index contributed by atoms with van der Waals surface area (Å²) in [5.74, 6) is 1.84. The van der Waals surface area contributed by atoms with E-state index in [0.29, 0.717) is 17.8 Å². The minimum absolute atomic E-state index is 0.352. The van der Waals surface area contributed by atoms with E-state index >= 15 is 0 Å². The predicted octanol–water partition coefficient (Wildman–Crippen LogP) is 3.68. The molecule has 2 atom stereocenters. The van der Waals surface area contributed by atoms with Crippen LogP contribution in [-0.2, 0) is 0 Å². The molecule has 1 N–H and O–H groups in total. The third-order valence-electron chi connectivity index (χ3n) is 4.27. The second-order valence-electron chi connectivity index (χ2n) is 5.88. The smallest absolute Gasteiger partial charge is 0.231 e. The van der Waals surface area contributed by atoms with Gasteiger partial charge in [-0.05, 0) is 32.4 Å². The van der Waals surface area contributed by atoms with Crippen LogP contribution >= 0.6 is 0 Å². The van der Waals surface area contributed by atoms with Crippen LogP contribution in [0.5, 0.6) is 0 Å². The van der Waals surface area contributed by atoms with Crippen molar-refractivity contribution in [1.82, 2.24) is 15.5 Å². The lowest BCUT2D eigenvalue weighted by atomic mass is 9.84. The zero-order valence-electron chi connectivity index (χ0n) is 12.8. The van der Waals surface area contributed by atoms with Crippen LogP contribution < -0.4 is 5.32 Å². The van der Waals surface area contributed by atoms with Crippen molar-refractivity contribution in [2.45, 2.75) is 51.5 Å². The first-order valence-corrected chi connectivity index (χ1v) is 7.92. The summed E-state index contributed by atoms with van der Waals surface area (Å²) in [7, 11) is 0. The summed E-state index contributed by atoms with van der Waals surface area (Å²) in [5, 5.41) is 7.75. The number of benzene rings is 1. The van der Waals surface area contributed by atoms with E-state index in [2.05, 4.69) is 41.4 Å². The van der Waals surface area contributed by atoms with Crippen LogP contribution in [0.15, 0.2) is 28.8 Å². The maximum Gasteiger partial charge on any atom is 0.231 e. The monoisotopic (exact) mass is 285 g/mol. The summed E-state index contributed by atoms with van der Waals surface area (Å²) in [6, 6.07) is 8.70. The predicted molar refractivity (Wildman–Crippen MR) is 83.1 cm³/mol. The fraction of sp³-hybridized carbons (Fsp3) is 0.529. The van der Waals surface area contributed by atoms with Gasteiger partial charge in [0.2, 0.25) is 11.7 Å². The first-order valence-electron chi connectivity index (χ1n) is 7.92. The topological polar surface area (TPSA) is 51.0 Å². The molecule has 2 unspecified atom stereocenters. The van der Waals surface area contributed by atoms with Crippen molar-refractivity contribution >= 4 is 0 Å². The molecule has 1 saturated carbocycles. The van der Waals surface area contributed by atoms with Gasteiger partial charge >= 0.3 is 0 Å². The molecule has 21 heavy (non-hydrogen) atoms. The van der Waals surface area contributed by atoms with Gasteiger partial charge in [0.15, 0.2) is 0 Å². The lowest BCUT2D eigenvalue weighted by Gasteiger charge is -2.29. The lowest BCUT2D eigenvalue weighted by molar-refractivity contribution is 0.265. The molecule has 1 aromatic heterocycles. The van der Waals surface area contributed by atoms with Crippen molar-refractivity contribution in [3.05, 3.63) is 35.7 Å². The molecule has 0 aliphatic heterocycles. The van der Waals surface area contributed by atoms with Crippen LogP contribution in [0.3, 0.4) is 0 Å². The number of likely N-dealkylation sites (N-methyl/N-ethyl adjacent to an activating group) is 1. The maximum atomic E-state index is 5.57. The first-order chi connectivity index (χ1) is 10.3. The standard InChI is InChI=1S/C17H23N3O/c1-3-18-15-10-5-4-9-14(15)17-19-16(20-21-17)13-8-6-7-12(2)11-13/h6-8,11,14-15,18H,3-5,9-10H2,1-2H3. The first kappa shape index (κ1) is 14.3. The minimum atomic E-state index is 0.352. The highest BCUT2D eigenvalue weighted by atomic mass is 16.5. The summed E-state index contributed by atoms with van der Waals surface area (Å²) >= 11 is 0. The summed E-state index contributed by atoms with van der Waals surface area (Å²) in [6.45, 7) is 5.21. The normalized spacial score (nSPS) is 22.4. The average Bonchev–Trinajstić information content (AvgIpc) is 2.98. The summed E-state index contributed by atoms with van der Waals surface area (Å²) in [6.07, 6.45) is 4.86. The molecular weight excluding hydrogens is 262 g/mol. The zero-order valence-corrected chi connectivity index (χ0v) is 12.8. The molecule has 3 rings (SSSR count). The molecule has 0 amide bonds. The molecule has 2 aromatic rings. The number of nitrogens with zero attached hydrogens (tertiary/aromatic N) is 2. The van der Waals surface area contributed by atoms with E-state index in [0.717, 1.165) is 24.4 Å². The Labute approximate surface area is 126 Å². The number of aryl methyl sites for hydroxylation is 1. The van der Waals surface area contributed by atoms with Gasteiger partial charge in [-0.2, -0.15) is 4.98 Å². The van der Waals surface area contributed by atoms with Gasteiger partial charge in [-0.25, -0.2) is 0 Å². The fourth-order valence-electron chi connectivity index (χ4n) is 3.22. The number of rotatable bonds is 4. The Bertz CT molecular complexity index is 591. The van der Waals surface area contributed by atoms with E-state index in [9.17, 15) is 0 Å². The van der Waals surface area contributed by atoms with Crippen LogP contribution in [-0.4, -0.2) is 22.7 Å². The third-order valence-corrected chi connectivity index (χ3v) is 4.27. The Morgan fingerprint density at radius 2 is 2.14 bits per heavy atom. The number of nitrogens with one attached hydrogen (secondary N) is 1. The lowest BCUT2D eigenvalue weighted by Crippen LogP contribution is -2.37. The van der Waals surface area contributed by atoms with E-state index in [-0.39, 0.29) is 0 Å². The molecule has 1 aromatic carbocycles. The van der Waals surface area contributed by atoms with E-state index in [1.54, 1.807) is 0 Å². The highest BCUT2D eigenvalue weighted by molar-refractivity contribution is 5.55. The van der Waals surface area contributed by atoms with Gasteiger partial charge in [0, 0.05) is 11.6 Å². The summed E-state index contributed by atoms with van der Waals surface area (Å²) in [5.41, 5.74) is 2.24. The highest BCUT2D eigenvalue weighted by Crippen LogP contribution is 2.33. The zero-order chi connectivity index (χ0) is 14.7. The van der Waals surface area contributed by atoms with Crippen LogP contribution in [0.25, 0.3) is 11.4 Å². The minimum Gasteiger partial charge on any atom is -0.339 e. The summed E-state index contributed by atoms with van der Waals surface area (Å²) in [4.78, 5) is 4.66. The average molecular weight is 285 g/mol. The summed E-state index contributed by atoms with van der Waals surface area (Å²) < 4.78 is 5.57. The molecule has 0 saturated heterocycles. The molecule has 0 spiro atoms. The van der Waals surface area contributed by atoms with Crippen LogP contribution in [0.2, 0.25) is 0 Å². The van der Waals surface area contributed by atoms with Gasteiger partial charge in [-0.1, -0.05) is 48.7 Å². The van der Waals surface area contributed by atoms with Crippen LogP contribution in [0.4, 0.5) is 0 Å². The van der Waals surface area contributed by atoms with E-state index in [4.69, 9.17) is 4.52 Å². The molecular formula is C17H23N3O. The molecule has 1 aliphatic rings. The molecule has 4 nitrogen and oxygen atoms in total. The van der Waals surface area contributed by atoms with E-state index in [1.165, 1.54) is 24.8 Å². The fourth-order valence-corrected chi connectivity index (χ4v) is 3.22. The Morgan fingerprint density at radius 1 is 1.29 bits per heavy atom. The van der Waals surface area contributed by atoms with Crippen molar-refractivity contribution in [3.63, 3.8) is 0 Å². The SMILES string of the molecule is CCNC1CCCCC1c1nc(-c2cccc(C)c2)no1. The Morgan fingerprint density at radius 3 is 2.95 bits per heavy atom. The van der Waals surface area contributed by atoms with E-state index < -0.39 is 0 Å². The van der Waals surface area contributed by atoms with Gasteiger partial charge in [0.05, 0.1) is 5.92 Å². The van der Waals surface area contributed by atoms with Gasteiger partial charge in [-0.3, -0.25) is 0 Å². The number of aromatic nitrogens is 2. The second kappa shape index (κ2) is 6.39. The highest BCUT2D eigenvalue weighted by Gasteiger charge is 2.30. The van der Waals surface area contributed by atoms with Gasteiger partial charge in [0.1, 0.15) is 0 Å². The van der Waals surface area contributed by atoms with E-state index in [1.807, 2.05) is 12.1 Å².